The van der Waals surface area contributed by atoms with Crippen molar-refractivity contribution in [3.05, 3.63) is 28.8 Å². The van der Waals surface area contributed by atoms with Gasteiger partial charge in [-0.05, 0) is 56.5 Å². The summed E-state index contributed by atoms with van der Waals surface area (Å²) in [6, 6.07) is 6.70. The molecule has 0 radical (unpaired) electrons. The fourth-order valence-corrected chi connectivity index (χ4v) is 3.25. The van der Waals surface area contributed by atoms with Gasteiger partial charge in [-0.15, -0.1) is 0 Å². The van der Waals surface area contributed by atoms with Gasteiger partial charge in [0.1, 0.15) is 0 Å². The maximum atomic E-state index is 6.06. The first kappa shape index (κ1) is 11.4. The summed E-state index contributed by atoms with van der Waals surface area (Å²) in [5.41, 5.74) is 2.49. The monoisotopic (exact) mass is 250 g/mol. The molecule has 3 aliphatic rings. The van der Waals surface area contributed by atoms with Gasteiger partial charge in [0, 0.05) is 23.3 Å². The van der Waals surface area contributed by atoms with E-state index in [9.17, 15) is 0 Å². The minimum Gasteiger partial charge on any atom is -0.380 e. The van der Waals surface area contributed by atoms with Crippen molar-refractivity contribution in [3.8, 4) is 0 Å². The zero-order valence-electron chi connectivity index (χ0n) is 10.2. The van der Waals surface area contributed by atoms with Crippen LogP contribution in [0.25, 0.3) is 0 Å². The van der Waals surface area contributed by atoms with Gasteiger partial charge >= 0.3 is 0 Å². The van der Waals surface area contributed by atoms with Crippen molar-refractivity contribution in [2.75, 3.05) is 25.0 Å². The van der Waals surface area contributed by atoms with E-state index in [1.54, 1.807) is 0 Å². The summed E-state index contributed by atoms with van der Waals surface area (Å²) >= 11 is 6.06. The minimum atomic E-state index is 0.606. The smallest absolute Gasteiger partial charge is 0.0426 e. The minimum absolute atomic E-state index is 0.606. The van der Waals surface area contributed by atoms with E-state index in [0.29, 0.717) is 6.04 Å². The average molecular weight is 251 g/mol. The van der Waals surface area contributed by atoms with Crippen LogP contribution in [-0.4, -0.2) is 30.6 Å². The summed E-state index contributed by atoms with van der Waals surface area (Å²) in [5, 5.41) is 4.51. The molecule has 1 atom stereocenters. The fourth-order valence-electron chi connectivity index (χ4n) is 3.08. The zero-order valence-corrected chi connectivity index (χ0v) is 11.0. The lowest BCUT2D eigenvalue weighted by atomic mass is 9.84. The third-order valence-electron chi connectivity index (χ3n) is 4.20. The molecule has 3 heteroatoms. The lowest BCUT2D eigenvalue weighted by Crippen LogP contribution is -2.53. The first-order valence-electron chi connectivity index (χ1n) is 6.47. The summed E-state index contributed by atoms with van der Waals surface area (Å²) in [7, 11) is 0. The van der Waals surface area contributed by atoms with Crippen LogP contribution in [0.3, 0.4) is 0 Å². The number of anilines is 1. The Morgan fingerprint density at radius 1 is 1.29 bits per heavy atom. The molecular weight excluding hydrogens is 232 g/mol. The number of benzene rings is 1. The molecule has 0 saturated carbocycles. The summed E-state index contributed by atoms with van der Waals surface area (Å²) in [6.07, 6.45) is 2.69. The number of rotatable bonds is 2. The van der Waals surface area contributed by atoms with Gasteiger partial charge < -0.3 is 10.2 Å². The SMILES string of the molecule is Cc1ccc(Cl)cc1NC1CN2CCC1CC2. The van der Waals surface area contributed by atoms with Gasteiger partial charge in [0.2, 0.25) is 0 Å². The van der Waals surface area contributed by atoms with Crippen molar-refractivity contribution < 1.29 is 0 Å². The van der Waals surface area contributed by atoms with Crippen molar-refractivity contribution >= 4 is 17.3 Å². The average Bonchev–Trinajstić information content (AvgIpc) is 2.35. The molecule has 0 spiro atoms. The lowest BCUT2D eigenvalue weighted by molar-refractivity contribution is 0.0975. The van der Waals surface area contributed by atoms with Gasteiger partial charge in [-0.3, -0.25) is 0 Å². The Kier molecular flexibility index (Phi) is 3.01. The Labute approximate surface area is 108 Å². The molecule has 2 bridgehead atoms. The van der Waals surface area contributed by atoms with Gasteiger partial charge in [-0.25, -0.2) is 0 Å². The summed E-state index contributed by atoms with van der Waals surface area (Å²) in [5.74, 6) is 0.846. The van der Waals surface area contributed by atoms with Crippen LogP contribution in [0, 0.1) is 12.8 Å². The highest BCUT2D eigenvalue weighted by molar-refractivity contribution is 6.30. The number of nitrogens with zero attached hydrogens (tertiary/aromatic N) is 1. The van der Waals surface area contributed by atoms with Crippen LogP contribution in [0.4, 0.5) is 5.69 Å². The number of piperidine rings is 3. The van der Waals surface area contributed by atoms with Crippen LogP contribution >= 0.6 is 11.6 Å². The number of nitrogens with one attached hydrogen (secondary N) is 1. The third kappa shape index (κ3) is 2.29. The van der Waals surface area contributed by atoms with Crippen molar-refractivity contribution in [3.63, 3.8) is 0 Å². The third-order valence-corrected chi connectivity index (χ3v) is 4.43. The number of fused-ring (bicyclic) bond motifs is 3. The molecule has 3 fully saturated rings. The molecule has 1 unspecified atom stereocenters. The maximum absolute atomic E-state index is 6.06. The molecule has 3 heterocycles. The largest absolute Gasteiger partial charge is 0.380 e. The quantitative estimate of drug-likeness (QED) is 0.868. The first-order valence-corrected chi connectivity index (χ1v) is 6.85. The predicted molar refractivity (Wildman–Crippen MR) is 72.8 cm³/mol. The molecule has 17 heavy (non-hydrogen) atoms. The second kappa shape index (κ2) is 4.51. The molecule has 1 aromatic rings. The normalized spacial score (nSPS) is 31.5. The summed E-state index contributed by atoms with van der Waals surface area (Å²) < 4.78 is 0. The molecule has 0 amide bonds. The molecular formula is C14H19ClN2. The topological polar surface area (TPSA) is 15.3 Å². The van der Waals surface area contributed by atoms with Crippen LogP contribution in [0.15, 0.2) is 18.2 Å². The van der Waals surface area contributed by atoms with Crippen molar-refractivity contribution in [1.82, 2.24) is 4.90 Å². The number of hydrogen-bond acceptors (Lipinski definition) is 2. The summed E-state index contributed by atoms with van der Waals surface area (Å²) in [4.78, 5) is 2.57. The van der Waals surface area contributed by atoms with E-state index in [4.69, 9.17) is 11.6 Å². The Balaban J connectivity index is 1.76. The van der Waals surface area contributed by atoms with Crippen LogP contribution in [0.5, 0.6) is 0 Å². The van der Waals surface area contributed by atoms with Crippen LogP contribution in [-0.2, 0) is 0 Å². The molecule has 92 valence electrons. The number of hydrogen-bond donors (Lipinski definition) is 1. The van der Waals surface area contributed by atoms with Crippen molar-refractivity contribution in [1.29, 1.82) is 0 Å². The summed E-state index contributed by atoms with van der Waals surface area (Å²) in [6.45, 7) is 5.91. The van der Waals surface area contributed by atoms with E-state index in [2.05, 4.69) is 29.3 Å². The second-order valence-electron chi connectivity index (χ2n) is 5.35. The van der Waals surface area contributed by atoms with E-state index in [1.807, 2.05) is 6.07 Å². The molecule has 2 nitrogen and oxygen atoms in total. The fraction of sp³-hybridized carbons (Fsp3) is 0.571. The lowest BCUT2D eigenvalue weighted by Gasteiger charge is -2.45. The van der Waals surface area contributed by atoms with Gasteiger partial charge in [-0.2, -0.15) is 0 Å². The van der Waals surface area contributed by atoms with E-state index < -0.39 is 0 Å². The van der Waals surface area contributed by atoms with Crippen LogP contribution in [0.2, 0.25) is 5.02 Å². The van der Waals surface area contributed by atoms with Crippen molar-refractivity contribution in [2.24, 2.45) is 5.92 Å². The molecule has 4 rings (SSSR count). The van der Waals surface area contributed by atoms with Crippen LogP contribution < -0.4 is 5.32 Å². The standard InChI is InChI=1S/C14H19ClN2/c1-10-2-3-12(15)8-13(10)16-14-9-17-6-4-11(14)5-7-17/h2-3,8,11,14,16H,4-7,9H2,1H3. The molecule has 0 aliphatic carbocycles. The first-order chi connectivity index (χ1) is 8.22. The van der Waals surface area contributed by atoms with Gasteiger partial charge in [0.15, 0.2) is 0 Å². The zero-order chi connectivity index (χ0) is 11.8. The van der Waals surface area contributed by atoms with Crippen LogP contribution in [0.1, 0.15) is 18.4 Å². The van der Waals surface area contributed by atoms with E-state index in [-0.39, 0.29) is 0 Å². The Morgan fingerprint density at radius 2 is 2.06 bits per heavy atom. The van der Waals surface area contributed by atoms with Gasteiger partial charge in [0.05, 0.1) is 0 Å². The molecule has 1 N–H and O–H groups in total. The molecule has 3 saturated heterocycles. The highest BCUT2D eigenvalue weighted by Gasteiger charge is 2.33. The highest BCUT2D eigenvalue weighted by Crippen LogP contribution is 2.31. The van der Waals surface area contributed by atoms with Gasteiger partial charge in [0.25, 0.3) is 0 Å². The predicted octanol–water partition coefficient (Wildman–Crippen LogP) is 3.15. The molecule has 1 aromatic carbocycles. The van der Waals surface area contributed by atoms with Crippen molar-refractivity contribution in [2.45, 2.75) is 25.8 Å². The second-order valence-corrected chi connectivity index (χ2v) is 5.78. The number of halogens is 1. The number of aryl methyl sites for hydroxylation is 1. The van der Waals surface area contributed by atoms with Gasteiger partial charge in [-0.1, -0.05) is 17.7 Å². The Hall–Kier alpha value is -0.730. The van der Waals surface area contributed by atoms with E-state index in [1.165, 1.54) is 43.7 Å². The Bertz CT molecular complexity index is 411. The highest BCUT2D eigenvalue weighted by atomic mass is 35.5. The Morgan fingerprint density at radius 3 is 2.71 bits per heavy atom. The van der Waals surface area contributed by atoms with E-state index >= 15 is 0 Å². The molecule has 3 aliphatic heterocycles. The van der Waals surface area contributed by atoms with E-state index in [0.717, 1.165) is 10.9 Å². The maximum Gasteiger partial charge on any atom is 0.0426 e. The molecule has 0 aromatic heterocycles.